The number of amides is 1. The van der Waals surface area contributed by atoms with Crippen molar-refractivity contribution < 1.29 is 4.79 Å². The van der Waals surface area contributed by atoms with Crippen molar-refractivity contribution >= 4 is 22.9 Å². The molecule has 0 aliphatic carbocycles. The third-order valence-corrected chi connectivity index (χ3v) is 4.83. The number of pyridine rings is 1. The molecule has 1 amide bonds. The summed E-state index contributed by atoms with van der Waals surface area (Å²) in [6, 6.07) is 11.7. The molecule has 0 bridgehead atoms. The summed E-state index contributed by atoms with van der Waals surface area (Å²) in [7, 11) is 2.15. The average Bonchev–Trinajstić information content (AvgIpc) is 3.02. The molecule has 3 heterocycles. The SMILES string of the molecule is Cc1cn2cc(C(=O)Nc3ccc(N4CCN(C)CC4)cc3)ccc2n1. The molecule has 1 N–H and O–H groups in total. The molecule has 0 atom stereocenters. The van der Waals surface area contributed by atoms with E-state index in [1.54, 1.807) is 6.07 Å². The number of hydrogen-bond donors (Lipinski definition) is 1. The van der Waals surface area contributed by atoms with Crippen LogP contribution in [0.5, 0.6) is 0 Å². The number of anilines is 2. The first kappa shape index (κ1) is 16.6. The molecule has 1 saturated heterocycles. The average molecular weight is 349 g/mol. The summed E-state index contributed by atoms with van der Waals surface area (Å²) in [4.78, 5) is 21.6. The molecule has 4 rings (SSSR count). The largest absolute Gasteiger partial charge is 0.369 e. The number of aromatic nitrogens is 2. The Balaban J connectivity index is 1.45. The zero-order valence-electron chi connectivity index (χ0n) is 15.1. The van der Waals surface area contributed by atoms with Crippen molar-refractivity contribution in [2.75, 3.05) is 43.4 Å². The fourth-order valence-corrected chi connectivity index (χ4v) is 3.28. The van der Waals surface area contributed by atoms with Crippen LogP contribution in [-0.4, -0.2) is 53.4 Å². The van der Waals surface area contributed by atoms with Crippen molar-refractivity contribution in [1.82, 2.24) is 14.3 Å². The minimum Gasteiger partial charge on any atom is -0.369 e. The molecule has 0 radical (unpaired) electrons. The summed E-state index contributed by atoms with van der Waals surface area (Å²) in [6.45, 7) is 6.16. The molecule has 1 aromatic carbocycles. The standard InChI is InChI=1S/C20H23N5O/c1-15-13-25-14-16(3-8-19(25)21-15)20(26)22-17-4-6-18(7-5-17)24-11-9-23(2)10-12-24/h3-8,13-14H,9-12H2,1-2H3,(H,22,26). The number of nitrogens with one attached hydrogen (secondary N) is 1. The third-order valence-electron chi connectivity index (χ3n) is 4.83. The Hall–Kier alpha value is -2.86. The quantitative estimate of drug-likeness (QED) is 0.790. The molecule has 0 spiro atoms. The molecule has 2 aromatic heterocycles. The Morgan fingerprint density at radius 2 is 1.73 bits per heavy atom. The Morgan fingerprint density at radius 3 is 2.46 bits per heavy atom. The van der Waals surface area contributed by atoms with Crippen LogP contribution in [0, 0.1) is 6.92 Å². The predicted octanol–water partition coefficient (Wildman–Crippen LogP) is 2.65. The van der Waals surface area contributed by atoms with Crippen LogP contribution in [0.1, 0.15) is 16.1 Å². The first-order valence-electron chi connectivity index (χ1n) is 8.89. The maximum atomic E-state index is 12.5. The van der Waals surface area contributed by atoms with Crippen LogP contribution < -0.4 is 10.2 Å². The molecular formula is C20H23N5O. The Morgan fingerprint density at radius 1 is 1.00 bits per heavy atom. The minimum atomic E-state index is -0.120. The topological polar surface area (TPSA) is 52.9 Å². The highest BCUT2D eigenvalue weighted by Crippen LogP contribution is 2.20. The second kappa shape index (κ2) is 6.80. The van der Waals surface area contributed by atoms with Gasteiger partial charge in [-0.05, 0) is 50.4 Å². The van der Waals surface area contributed by atoms with Crippen LogP contribution in [0.15, 0.2) is 48.8 Å². The highest BCUT2D eigenvalue weighted by atomic mass is 16.1. The molecule has 6 nitrogen and oxygen atoms in total. The van der Waals surface area contributed by atoms with Gasteiger partial charge in [-0.25, -0.2) is 4.98 Å². The van der Waals surface area contributed by atoms with E-state index in [9.17, 15) is 4.79 Å². The van der Waals surface area contributed by atoms with Gasteiger partial charge in [0.2, 0.25) is 0 Å². The summed E-state index contributed by atoms with van der Waals surface area (Å²) in [5.41, 5.74) is 4.39. The summed E-state index contributed by atoms with van der Waals surface area (Å²) < 4.78 is 1.88. The lowest BCUT2D eigenvalue weighted by molar-refractivity contribution is 0.102. The van der Waals surface area contributed by atoms with E-state index < -0.39 is 0 Å². The lowest BCUT2D eigenvalue weighted by Gasteiger charge is -2.34. The second-order valence-electron chi connectivity index (χ2n) is 6.86. The van der Waals surface area contributed by atoms with Crippen LogP contribution in [0.4, 0.5) is 11.4 Å². The molecule has 134 valence electrons. The Kier molecular flexibility index (Phi) is 4.34. The van der Waals surface area contributed by atoms with Crippen molar-refractivity contribution in [3.8, 4) is 0 Å². The first-order valence-corrected chi connectivity index (χ1v) is 8.89. The van der Waals surface area contributed by atoms with E-state index in [0.717, 1.165) is 43.2 Å². The van der Waals surface area contributed by atoms with Gasteiger partial charge < -0.3 is 19.5 Å². The van der Waals surface area contributed by atoms with Gasteiger partial charge in [-0.3, -0.25) is 4.79 Å². The van der Waals surface area contributed by atoms with Gasteiger partial charge in [0.15, 0.2) is 0 Å². The van der Waals surface area contributed by atoms with E-state index in [1.165, 1.54) is 5.69 Å². The number of hydrogen-bond acceptors (Lipinski definition) is 4. The maximum absolute atomic E-state index is 12.5. The normalized spacial score (nSPS) is 15.4. The van der Waals surface area contributed by atoms with Gasteiger partial charge in [0.25, 0.3) is 5.91 Å². The summed E-state index contributed by atoms with van der Waals surface area (Å²) >= 11 is 0. The van der Waals surface area contributed by atoms with Crippen LogP contribution >= 0.6 is 0 Å². The van der Waals surface area contributed by atoms with Crippen molar-refractivity contribution in [3.63, 3.8) is 0 Å². The van der Waals surface area contributed by atoms with E-state index in [4.69, 9.17) is 0 Å². The number of benzene rings is 1. The van der Waals surface area contributed by atoms with Gasteiger partial charge in [-0.2, -0.15) is 0 Å². The molecule has 3 aromatic rings. The van der Waals surface area contributed by atoms with Crippen molar-refractivity contribution in [2.24, 2.45) is 0 Å². The monoisotopic (exact) mass is 349 g/mol. The number of nitrogens with zero attached hydrogens (tertiary/aromatic N) is 4. The van der Waals surface area contributed by atoms with E-state index in [1.807, 2.05) is 41.9 Å². The minimum absolute atomic E-state index is 0.120. The number of rotatable bonds is 3. The molecule has 0 unspecified atom stereocenters. The molecule has 1 aliphatic heterocycles. The number of piperazine rings is 1. The second-order valence-corrected chi connectivity index (χ2v) is 6.86. The highest BCUT2D eigenvalue weighted by Gasteiger charge is 2.14. The van der Waals surface area contributed by atoms with Gasteiger partial charge in [-0.15, -0.1) is 0 Å². The zero-order valence-corrected chi connectivity index (χ0v) is 15.1. The summed E-state index contributed by atoms with van der Waals surface area (Å²) in [6.07, 6.45) is 3.72. The van der Waals surface area contributed by atoms with Crippen LogP contribution in [-0.2, 0) is 0 Å². The van der Waals surface area contributed by atoms with E-state index in [2.05, 4.69) is 39.3 Å². The molecule has 1 fully saturated rings. The Bertz CT molecular complexity index is 923. The molecule has 26 heavy (non-hydrogen) atoms. The fourth-order valence-electron chi connectivity index (χ4n) is 3.28. The first-order chi connectivity index (χ1) is 12.6. The van der Waals surface area contributed by atoms with Crippen LogP contribution in [0.25, 0.3) is 5.65 Å². The number of aryl methyl sites for hydroxylation is 1. The maximum Gasteiger partial charge on any atom is 0.257 e. The lowest BCUT2D eigenvalue weighted by Crippen LogP contribution is -2.44. The van der Waals surface area contributed by atoms with Gasteiger partial charge >= 0.3 is 0 Å². The smallest absolute Gasteiger partial charge is 0.257 e. The molecule has 0 saturated carbocycles. The fraction of sp³-hybridized carbons (Fsp3) is 0.300. The zero-order chi connectivity index (χ0) is 18.1. The van der Waals surface area contributed by atoms with Gasteiger partial charge in [0.05, 0.1) is 11.3 Å². The number of fused-ring (bicyclic) bond motifs is 1. The number of likely N-dealkylation sites (N-methyl/N-ethyl adjacent to an activating group) is 1. The van der Waals surface area contributed by atoms with Crippen molar-refractivity contribution in [3.05, 3.63) is 60.0 Å². The van der Waals surface area contributed by atoms with Gasteiger partial charge in [-0.1, -0.05) is 0 Å². The highest BCUT2D eigenvalue weighted by molar-refractivity contribution is 6.04. The summed E-state index contributed by atoms with van der Waals surface area (Å²) in [5, 5.41) is 2.97. The molecule has 1 aliphatic rings. The lowest BCUT2D eigenvalue weighted by atomic mass is 10.2. The van der Waals surface area contributed by atoms with E-state index >= 15 is 0 Å². The predicted molar refractivity (Wildman–Crippen MR) is 104 cm³/mol. The van der Waals surface area contributed by atoms with Crippen LogP contribution in [0.2, 0.25) is 0 Å². The number of imidazole rings is 1. The summed E-state index contributed by atoms with van der Waals surface area (Å²) in [5.74, 6) is -0.120. The number of carbonyl (C=O) groups is 1. The van der Waals surface area contributed by atoms with Crippen LogP contribution in [0.3, 0.4) is 0 Å². The van der Waals surface area contributed by atoms with E-state index in [0.29, 0.717) is 5.56 Å². The third kappa shape index (κ3) is 3.41. The number of carbonyl (C=O) groups excluding carboxylic acids is 1. The van der Waals surface area contributed by atoms with Gasteiger partial charge in [0, 0.05) is 49.9 Å². The Labute approximate surface area is 153 Å². The molecule has 6 heteroatoms. The van der Waals surface area contributed by atoms with Gasteiger partial charge in [0.1, 0.15) is 5.65 Å². The van der Waals surface area contributed by atoms with Crippen molar-refractivity contribution in [1.29, 1.82) is 0 Å². The van der Waals surface area contributed by atoms with E-state index in [-0.39, 0.29) is 5.91 Å². The van der Waals surface area contributed by atoms with Crippen molar-refractivity contribution in [2.45, 2.75) is 6.92 Å². The molecular weight excluding hydrogens is 326 g/mol.